The molecule has 1 aromatic carbocycles. The number of aromatic nitrogens is 2. The normalized spacial score (nSPS) is 12.0. The van der Waals surface area contributed by atoms with E-state index in [4.69, 9.17) is 17.0 Å². The van der Waals surface area contributed by atoms with E-state index in [1.165, 1.54) is 7.11 Å². The van der Waals surface area contributed by atoms with Crippen LogP contribution in [0.5, 0.6) is 5.75 Å². The molecule has 0 bridgehead atoms. The number of hydrogen-bond donors (Lipinski definition) is 1. The van der Waals surface area contributed by atoms with Crippen LogP contribution in [-0.2, 0) is 6.54 Å². The van der Waals surface area contributed by atoms with Gasteiger partial charge in [0.25, 0.3) is 0 Å². The van der Waals surface area contributed by atoms with Crippen molar-refractivity contribution in [2.45, 2.75) is 25.6 Å². The van der Waals surface area contributed by atoms with Crippen LogP contribution in [0.3, 0.4) is 0 Å². The minimum Gasteiger partial charge on any atom is -0.497 e. The Morgan fingerprint density at radius 2 is 2.11 bits per heavy atom. The molecule has 104 valence electrons. The van der Waals surface area contributed by atoms with Gasteiger partial charge in [-0.1, -0.05) is 0 Å². The number of fused-ring (bicyclic) bond motifs is 1. The second-order valence-electron chi connectivity index (χ2n) is 4.18. The molecule has 0 fully saturated rings. The maximum Gasteiger partial charge on any atom is 0.389 e. The van der Waals surface area contributed by atoms with Gasteiger partial charge in [0.05, 0.1) is 18.1 Å². The zero-order valence-electron chi connectivity index (χ0n) is 10.3. The summed E-state index contributed by atoms with van der Waals surface area (Å²) in [6, 6.07) is 5.33. The first kappa shape index (κ1) is 13.9. The van der Waals surface area contributed by atoms with Gasteiger partial charge in [0.15, 0.2) is 4.77 Å². The number of ether oxygens (including phenoxy) is 1. The Bertz CT molecular complexity index is 630. The van der Waals surface area contributed by atoms with Gasteiger partial charge in [-0.2, -0.15) is 13.2 Å². The van der Waals surface area contributed by atoms with Gasteiger partial charge in [-0.3, -0.25) is 0 Å². The van der Waals surface area contributed by atoms with Gasteiger partial charge >= 0.3 is 6.18 Å². The Morgan fingerprint density at radius 3 is 2.74 bits per heavy atom. The highest BCUT2D eigenvalue weighted by Gasteiger charge is 2.26. The number of halogens is 3. The van der Waals surface area contributed by atoms with Crippen molar-refractivity contribution in [2.75, 3.05) is 7.11 Å². The largest absolute Gasteiger partial charge is 0.497 e. The summed E-state index contributed by atoms with van der Waals surface area (Å²) in [6.07, 6.45) is -4.95. The van der Waals surface area contributed by atoms with Crippen LogP contribution in [0.1, 0.15) is 12.8 Å². The Hall–Kier alpha value is -1.50. The molecule has 2 aromatic rings. The molecule has 19 heavy (non-hydrogen) atoms. The lowest BCUT2D eigenvalue weighted by Crippen LogP contribution is -2.09. The number of nitrogens with zero attached hydrogens (tertiary/aromatic N) is 1. The molecule has 0 unspecified atom stereocenters. The molecule has 0 radical (unpaired) electrons. The SMILES string of the molecule is COc1ccc2[nH]c(=S)n(CCCC(F)(F)F)c2c1. The summed E-state index contributed by atoms with van der Waals surface area (Å²) in [4.78, 5) is 2.97. The van der Waals surface area contributed by atoms with E-state index in [-0.39, 0.29) is 13.0 Å². The van der Waals surface area contributed by atoms with Crippen molar-refractivity contribution >= 4 is 23.3 Å². The lowest BCUT2D eigenvalue weighted by molar-refractivity contribution is -0.135. The fraction of sp³-hybridized carbons (Fsp3) is 0.417. The van der Waals surface area contributed by atoms with Gasteiger partial charge < -0.3 is 14.3 Å². The molecule has 3 nitrogen and oxygen atoms in total. The van der Waals surface area contributed by atoms with Gasteiger partial charge in [0.1, 0.15) is 5.75 Å². The molecule has 0 saturated carbocycles. The summed E-state index contributed by atoms with van der Waals surface area (Å²) in [5.41, 5.74) is 1.55. The summed E-state index contributed by atoms with van der Waals surface area (Å²) in [7, 11) is 1.54. The van der Waals surface area contributed by atoms with E-state index in [0.717, 1.165) is 11.0 Å². The van der Waals surface area contributed by atoms with Crippen molar-refractivity contribution in [2.24, 2.45) is 0 Å². The molecule has 1 heterocycles. The molecule has 0 aliphatic rings. The molecular formula is C12H13F3N2OS. The molecular weight excluding hydrogens is 277 g/mol. The number of imidazole rings is 1. The second kappa shape index (κ2) is 5.24. The number of nitrogens with one attached hydrogen (secondary N) is 1. The Kier molecular flexibility index (Phi) is 3.84. The summed E-state index contributed by atoms with van der Waals surface area (Å²) in [5, 5.41) is 0. The van der Waals surface area contributed by atoms with Crippen molar-refractivity contribution in [3.05, 3.63) is 23.0 Å². The Labute approximate surface area is 113 Å². The number of H-pyrrole nitrogens is 1. The number of aryl methyl sites for hydroxylation is 1. The third-order valence-corrected chi connectivity index (χ3v) is 3.15. The first-order valence-electron chi connectivity index (χ1n) is 5.74. The molecule has 2 rings (SSSR count). The third-order valence-electron chi connectivity index (χ3n) is 2.82. The first-order chi connectivity index (χ1) is 8.90. The van der Waals surface area contributed by atoms with E-state index in [0.29, 0.717) is 10.5 Å². The van der Waals surface area contributed by atoms with Crippen molar-refractivity contribution in [3.63, 3.8) is 0 Å². The topological polar surface area (TPSA) is 29.9 Å². The fourth-order valence-corrected chi connectivity index (χ4v) is 2.22. The van der Waals surface area contributed by atoms with Crippen LogP contribution in [0.4, 0.5) is 13.2 Å². The molecule has 0 amide bonds. The van der Waals surface area contributed by atoms with E-state index in [9.17, 15) is 13.2 Å². The van der Waals surface area contributed by atoms with Crippen molar-refractivity contribution < 1.29 is 17.9 Å². The van der Waals surface area contributed by atoms with E-state index in [1.807, 2.05) is 0 Å². The molecule has 1 aromatic heterocycles. The number of alkyl halides is 3. The quantitative estimate of drug-likeness (QED) is 0.861. The van der Waals surface area contributed by atoms with Gasteiger partial charge in [-0.15, -0.1) is 0 Å². The second-order valence-corrected chi connectivity index (χ2v) is 4.57. The fourth-order valence-electron chi connectivity index (χ4n) is 1.92. The molecule has 0 atom stereocenters. The van der Waals surface area contributed by atoms with Gasteiger partial charge in [0, 0.05) is 19.0 Å². The molecule has 0 aliphatic carbocycles. The van der Waals surface area contributed by atoms with E-state index >= 15 is 0 Å². The smallest absolute Gasteiger partial charge is 0.389 e. The average molecular weight is 290 g/mol. The summed E-state index contributed by atoms with van der Waals surface area (Å²) < 4.78 is 43.7. The summed E-state index contributed by atoms with van der Waals surface area (Å²) >= 11 is 5.12. The number of methoxy groups -OCH3 is 1. The predicted octanol–water partition coefficient (Wildman–Crippen LogP) is 4.05. The standard InChI is InChI=1S/C12H13F3N2OS/c1-18-8-3-4-9-10(7-8)17(11(19)16-9)6-2-5-12(13,14)15/h3-4,7H,2,5-6H2,1H3,(H,16,19). The van der Waals surface area contributed by atoms with E-state index < -0.39 is 12.6 Å². The van der Waals surface area contributed by atoms with E-state index in [2.05, 4.69) is 4.98 Å². The number of rotatable bonds is 4. The molecule has 7 heteroatoms. The van der Waals surface area contributed by atoms with Crippen LogP contribution in [0.15, 0.2) is 18.2 Å². The highest BCUT2D eigenvalue weighted by Crippen LogP contribution is 2.24. The third kappa shape index (κ3) is 3.28. The van der Waals surface area contributed by atoms with Gasteiger partial charge in [-0.25, -0.2) is 0 Å². The highest BCUT2D eigenvalue weighted by molar-refractivity contribution is 7.71. The van der Waals surface area contributed by atoms with Crippen molar-refractivity contribution in [1.82, 2.24) is 9.55 Å². The minimum atomic E-state index is -4.13. The van der Waals surface area contributed by atoms with Crippen LogP contribution >= 0.6 is 12.2 Å². The Morgan fingerprint density at radius 1 is 1.37 bits per heavy atom. The molecule has 0 saturated heterocycles. The molecule has 0 aliphatic heterocycles. The minimum absolute atomic E-state index is 0.00195. The number of benzene rings is 1. The van der Waals surface area contributed by atoms with Crippen molar-refractivity contribution in [1.29, 1.82) is 0 Å². The Balaban J connectivity index is 2.26. The molecule has 1 N–H and O–H groups in total. The predicted molar refractivity (Wildman–Crippen MR) is 69.0 cm³/mol. The summed E-state index contributed by atoms with van der Waals surface area (Å²) in [5.74, 6) is 0.645. The van der Waals surface area contributed by atoms with Crippen LogP contribution in [0.2, 0.25) is 0 Å². The zero-order chi connectivity index (χ0) is 14.0. The average Bonchev–Trinajstić information content (AvgIpc) is 2.63. The highest BCUT2D eigenvalue weighted by atomic mass is 32.1. The van der Waals surface area contributed by atoms with Crippen LogP contribution in [-0.4, -0.2) is 22.8 Å². The van der Waals surface area contributed by atoms with E-state index in [1.54, 1.807) is 22.8 Å². The summed E-state index contributed by atoms with van der Waals surface area (Å²) in [6.45, 7) is 0.228. The molecule has 0 spiro atoms. The maximum atomic E-state index is 12.2. The number of hydrogen-bond acceptors (Lipinski definition) is 2. The van der Waals surface area contributed by atoms with Crippen LogP contribution in [0.25, 0.3) is 11.0 Å². The zero-order valence-corrected chi connectivity index (χ0v) is 11.1. The van der Waals surface area contributed by atoms with Crippen LogP contribution in [0, 0.1) is 4.77 Å². The lowest BCUT2D eigenvalue weighted by atomic mass is 10.2. The maximum absolute atomic E-state index is 12.2. The number of aromatic amines is 1. The lowest BCUT2D eigenvalue weighted by Gasteiger charge is -2.08. The van der Waals surface area contributed by atoms with Crippen molar-refractivity contribution in [3.8, 4) is 5.75 Å². The van der Waals surface area contributed by atoms with Crippen LogP contribution < -0.4 is 4.74 Å². The van der Waals surface area contributed by atoms with Gasteiger partial charge in [-0.05, 0) is 30.8 Å². The monoisotopic (exact) mass is 290 g/mol. The first-order valence-corrected chi connectivity index (χ1v) is 6.15. The van der Waals surface area contributed by atoms with Gasteiger partial charge in [0.2, 0.25) is 0 Å².